The molecule has 1 rings (SSSR count). The van der Waals surface area contributed by atoms with Crippen molar-refractivity contribution in [3.05, 3.63) is 41.1 Å². The van der Waals surface area contributed by atoms with Gasteiger partial charge in [-0.3, -0.25) is 0 Å². The van der Waals surface area contributed by atoms with Crippen LogP contribution in [0.5, 0.6) is 0 Å². The van der Waals surface area contributed by atoms with Crippen LogP contribution in [0.25, 0.3) is 6.08 Å². The van der Waals surface area contributed by atoms with Crippen molar-refractivity contribution in [3.63, 3.8) is 0 Å². The molecular weight excluding hydrogens is 202 g/mol. The summed E-state index contributed by atoms with van der Waals surface area (Å²) in [5.41, 5.74) is 2.56. The Labute approximate surface area is 96.3 Å². The largest absolute Gasteiger partial charge is 0.465 e. The van der Waals surface area contributed by atoms with Gasteiger partial charge in [0, 0.05) is 14.1 Å². The molecule has 16 heavy (non-hydrogen) atoms. The third kappa shape index (κ3) is 2.86. The van der Waals surface area contributed by atoms with E-state index < -0.39 is 0 Å². The van der Waals surface area contributed by atoms with Crippen LogP contribution in [-0.2, 0) is 4.74 Å². The van der Waals surface area contributed by atoms with Gasteiger partial charge in [-0.2, -0.15) is 0 Å². The van der Waals surface area contributed by atoms with Gasteiger partial charge in [0.25, 0.3) is 0 Å². The smallest absolute Gasteiger partial charge is 0.338 e. The number of esters is 1. The first kappa shape index (κ1) is 12.3. The monoisotopic (exact) mass is 219 g/mol. The van der Waals surface area contributed by atoms with E-state index in [0.717, 1.165) is 11.1 Å². The van der Waals surface area contributed by atoms with Crippen LogP contribution < -0.4 is 0 Å². The van der Waals surface area contributed by atoms with Crippen LogP contribution in [0.2, 0.25) is 0 Å². The van der Waals surface area contributed by atoms with E-state index in [1.54, 1.807) is 6.07 Å². The van der Waals surface area contributed by atoms with Crippen LogP contribution in [0.4, 0.5) is 0 Å². The quantitative estimate of drug-likeness (QED) is 0.731. The van der Waals surface area contributed by atoms with Crippen LogP contribution in [0.3, 0.4) is 0 Å². The highest BCUT2D eigenvalue weighted by molar-refractivity contribution is 5.94. The number of rotatable bonds is 3. The standard InChI is InChI=1S/C13H17NO2/c1-10-6-5-7-12(13(15)16-4)11(10)8-9-14(2)3/h5-9H,1-4H3/b9-8+. The SMILES string of the molecule is COC(=O)c1cccc(C)c1/C=C/N(C)C. The second-order valence-electron chi connectivity index (χ2n) is 3.81. The molecule has 0 N–H and O–H groups in total. The third-order valence-electron chi connectivity index (χ3n) is 2.27. The summed E-state index contributed by atoms with van der Waals surface area (Å²) in [5.74, 6) is -0.304. The molecule has 0 radical (unpaired) electrons. The number of methoxy groups -OCH3 is 1. The van der Waals surface area contributed by atoms with E-state index in [1.165, 1.54) is 7.11 Å². The summed E-state index contributed by atoms with van der Waals surface area (Å²) in [5, 5.41) is 0. The van der Waals surface area contributed by atoms with Gasteiger partial charge in [-0.25, -0.2) is 4.79 Å². The van der Waals surface area contributed by atoms with Crippen molar-refractivity contribution in [3.8, 4) is 0 Å². The summed E-state index contributed by atoms with van der Waals surface area (Å²) in [4.78, 5) is 13.5. The minimum absolute atomic E-state index is 0.304. The lowest BCUT2D eigenvalue weighted by Crippen LogP contribution is -2.06. The average Bonchev–Trinajstić information content (AvgIpc) is 2.25. The molecular formula is C13H17NO2. The molecule has 0 aliphatic rings. The first-order valence-corrected chi connectivity index (χ1v) is 5.09. The number of carbonyl (C=O) groups is 1. The fourth-order valence-electron chi connectivity index (χ4n) is 1.41. The van der Waals surface area contributed by atoms with Gasteiger partial charge in [-0.15, -0.1) is 0 Å². The first-order valence-electron chi connectivity index (χ1n) is 5.09. The summed E-state index contributed by atoms with van der Waals surface area (Å²) in [6.45, 7) is 1.97. The van der Waals surface area contributed by atoms with Gasteiger partial charge in [0.15, 0.2) is 0 Å². The fourth-order valence-corrected chi connectivity index (χ4v) is 1.41. The van der Waals surface area contributed by atoms with Crippen molar-refractivity contribution in [1.29, 1.82) is 0 Å². The maximum Gasteiger partial charge on any atom is 0.338 e. The number of carbonyl (C=O) groups excluding carboxylic acids is 1. The van der Waals surface area contributed by atoms with Crippen LogP contribution >= 0.6 is 0 Å². The molecule has 0 heterocycles. The Hall–Kier alpha value is -1.77. The Balaban J connectivity index is 3.18. The molecule has 0 saturated heterocycles. The van der Waals surface area contributed by atoms with Crippen molar-refractivity contribution in [2.45, 2.75) is 6.92 Å². The number of benzene rings is 1. The Kier molecular flexibility index (Phi) is 4.11. The Morgan fingerprint density at radius 2 is 2.06 bits per heavy atom. The summed E-state index contributed by atoms with van der Waals surface area (Å²) in [6, 6.07) is 5.60. The maximum atomic E-state index is 11.6. The van der Waals surface area contributed by atoms with Crippen molar-refractivity contribution in [1.82, 2.24) is 4.90 Å². The molecule has 0 aromatic heterocycles. The van der Waals surface area contributed by atoms with Gasteiger partial charge in [0.1, 0.15) is 0 Å². The molecule has 0 amide bonds. The minimum atomic E-state index is -0.304. The Bertz CT molecular complexity index is 408. The van der Waals surface area contributed by atoms with E-state index in [1.807, 2.05) is 50.3 Å². The van der Waals surface area contributed by atoms with Gasteiger partial charge in [-0.1, -0.05) is 12.1 Å². The highest BCUT2D eigenvalue weighted by Crippen LogP contribution is 2.17. The molecule has 86 valence electrons. The second-order valence-corrected chi connectivity index (χ2v) is 3.81. The van der Waals surface area contributed by atoms with Crippen molar-refractivity contribution in [2.24, 2.45) is 0 Å². The maximum absolute atomic E-state index is 11.6. The molecule has 0 bridgehead atoms. The van der Waals surface area contributed by atoms with E-state index in [4.69, 9.17) is 4.74 Å². The summed E-state index contributed by atoms with van der Waals surface area (Å²) in [6.07, 6.45) is 3.83. The zero-order valence-electron chi connectivity index (χ0n) is 10.2. The van der Waals surface area contributed by atoms with E-state index in [9.17, 15) is 4.79 Å². The van der Waals surface area contributed by atoms with Crippen LogP contribution in [0.15, 0.2) is 24.4 Å². The Morgan fingerprint density at radius 1 is 1.38 bits per heavy atom. The summed E-state index contributed by atoms with van der Waals surface area (Å²) in [7, 11) is 5.27. The average molecular weight is 219 g/mol. The number of hydrogen-bond donors (Lipinski definition) is 0. The third-order valence-corrected chi connectivity index (χ3v) is 2.27. The highest BCUT2D eigenvalue weighted by Gasteiger charge is 2.10. The van der Waals surface area contributed by atoms with Crippen LogP contribution in [-0.4, -0.2) is 32.1 Å². The summed E-state index contributed by atoms with van der Waals surface area (Å²) >= 11 is 0. The number of nitrogens with zero attached hydrogens (tertiary/aromatic N) is 1. The highest BCUT2D eigenvalue weighted by atomic mass is 16.5. The molecule has 0 aliphatic carbocycles. The number of aryl methyl sites for hydroxylation is 1. The lowest BCUT2D eigenvalue weighted by atomic mass is 10.0. The fraction of sp³-hybridized carbons (Fsp3) is 0.308. The predicted octanol–water partition coefficient (Wildman–Crippen LogP) is 2.31. The van der Waals surface area contributed by atoms with Gasteiger partial charge < -0.3 is 9.64 Å². The Morgan fingerprint density at radius 3 is 2.62 bits per heavy atom. The second kappa shape index (κ2) is 5.35. The minimum Gasteiger partial charge on any atom is -0.465 e. The van der Waals surface area contributed by atoms with E-state index in [0.29, 0.717) is 5.56 Å². The number of ether oxygens (including phenoxy) is 1. The summed E-state index contributed by atoms with van der Waals surface area (Å²) < 4.78 is 4.75. The van der Waals surface area contributed by atoms with Crippen LogP contribution in [0.1, 0.15) is 21.5 Å². The lowest BCUT2D eigenvalue weighted by Gasteiger charge is -2.09. The zero-order chi connectivity index (χ0) is 12.1. The molecule has 3 nitrogen and oxygen atoms in total. The normalized spacial score (nSPS) is 10.5. The molecule has 0 atom stereocenters. The molecule has 0 unspecified atom stereocenters. The first-order chi connectivity index (χ1) is 7.56. The molecule has 3 heteroatoms. The van der Waals surface area contributed by atoms with E-state index >= 15 is 0 Å². The van der Waals surface area contributed by atoms with Crippen molar-refractivity contribution < 1.29 is 9.53 Å². The molecule has 0 fully saturated rings. The molecule has 0 spiro atoms. The molecule has 0 saturated carbocycles. The van der Waals surface area contributed by atoms with E-state index in [2.05, 4.69) is 0 Å². The van der Waals surface area contributed by atoms with Gasteiger partial charge in [0.05, 0.1) is 12.7 Å². The molecule has 1 aromatic rings. The number of hydrogen-bond acceptors (Lipinski definition) is 3. The van der Waals surface area contributed by atoms with Gasteiger partial charge in [-0.05, 0) is 36.4 Å². The molecule has 1 aromatic carbocycles. The van der Waals surface area contributed by atoms with Gasteiger partial charge in [0.2, 0.25) is 0 Å². The van der Waals surface area contributed by atoms with E-state index in [-0.39, 0.29) is 5.97 Å². The van der Waals surface area contributed by atoms with Crippen LogP contribution in [0, 0.1) is 6.92 Å². The van der Waals surface area contributed by atoms with Crippen molar-refractivity contribution in [2.75, 3.05) is 21.2 Å². The van der Waals surface area contributed by atoms with Crippen molar-refractivity contribution >= 4 is 12.0 Å². The predicted molar refractivity (Wildman–Crippen MR) is 65.2 cm³/mol. The molecule has 0 aliphatic heterocycles. The zero-order valence-corrected chi connectivity index (χ0v) is 10.2. The topological polar surface area (TPSA) is 29.5 Å². The van der Waals surface area contributed by atoms with Gasteiger partial charge >= 0.3 is 5.97 Å². The lowest BCUT2D eigenvalue weighted by molar-refractivity contribution is 0.0600.